The Morgan fingerprint density at radius 3 is 2.00 bits per heavy atom. The van der Waals surface area contributed by atoms with E-state index >= 15 is 0 Å². The van der Waals surface area contributed by atoms with Gasteiger partial charge in [0, 0.05) is 0 Å². The maximum atomic E-state index is 11.0. The normalized spacial score (nSPS) is 12.4. The number of unbranched alkanes of at least 4 members (excludes halogenated alkanes) is 6. The van der Waals surface area contributed by atoms with Gasteiger partial charge in [-0.05, 0) is 55.9 Å². The van der Waals surface area contributed by atoms with Gasteiger partial charge in [-0.15, -0.1) is 0 Å². The third-order valence-electron chi connectivity index (χ3n) is 4.75. The van der Waals surface area contributed by atoms with Crippen LogP contribution < -0.4 is 34.3 Å². The molecular weight excluding hydrogens is 371 g/mol. The van der Waals surface area contributed by atoms with E-state index in [1.54, 1.807) is 0 Å². The molecule has 27 heavy (non-hydrogen) atoms. The van der Waals surface area contributed by atoms with Crippen LogP contribution in [-0.4, -0.2) is 24.8 Å². The fourth-order valence-electron chi connectivity index (χ4n) is 2.95. The molecule has 1 atom stereocenters. The molecule has 0 heterocycles. The van der Waals surface area contributed by atoms with Gasteiger partial charge in [0.15, 0.2) is 0 Å². The Labute approximate surface area is 188 Å². The Morgan fingerprint density at radius 2 is 1.48 bits per heavy atom. The van der Waals surface area contributed by atoms with Gasteiger partial charge in [-0.1, -0.05) is 58.4 Å². The van der Waals surface area contributed by atoms with Crippen molar-refractivity contribution in [2.24, 2.45) is 0 Å². The molecule has 0 aliphatic rings. The predicted molar refractivity (Wildman–Crippen MR) is 107 cm³/mol. The third kappa shape index (κ3) is 11.5. The van der Waals surface area contributed by atoms with Crippen molar-refractivity contribution in [2.45, 2.75) is 90.2 Å². The number of ether oxygens (including phenoxy) is 1. The Balaban J connectivity index is 0.00000676. The van der Waals surface area contributed by atoms with Gasteiger partial charge in [0.1, 0.15) is 22.5 Å². The maximum Gasteiger partial charge on any atom is 1.00 e. The molecule has 0 amide bonds. The molecular formula is C21H35NaO4S. The van der Waals surface area contributed by atoms with Crippen molar-refractivity contribution in [3.05, 3.63) is 29.3 Å². The molecule has 0 radical (unpaired) electrons. The van der Waals surface area contributed by atoms with Crippen LogP contribution in [0.2, 0.25) is 0 Å². The van der Waals surface area contributed by atoms with Gasteiger partial charge in [-0.2, -0.15) is 0 Å². The average molecular weight is 407 g/mol. The number of hydrogen-bond donors (Lipinski definition) is 0. The predicted octanol–water partition coefficient (Wildman–Crippen LogP) is 2.25. The SMILES string of the molecule is CCCCCCc1ccc(OCC(C)S(=O)(=O)[O-])cc1CCCCCC.[Na+]. The van der Waals surface area contributed by atoms with E-state index in [9.17, 15) is 13.0 Å². The second-order valence-electron chi connectivity index (χ2n) is 7.17. The summed E-state index contributed by atoms with van der Waals surface area (Å²) in [6.45, 7) is 5.71. The maximum absolute atomic E-state index is 11.0. The van der Waals surface area contributed by atoms with Gasteiger partial charge < -0.3 is 9.29 Å². The summed E-state index contributed by atoms with van der Waals surface area (Å²) < 4.78 is 38.6. The topological polar surface area (TPSA) is 66.4 Å². The van der Waals surface area contributed by atoms with Crippen LogP contribution in [0.4, 0.5) is 0 Å². The molecule has 0 saturated carbocycles. The molecule has 0 spiro atoms. The first kappa shape index (κ1) is 26.9. The molecule has 150 valence electrons. The Kier molecular flexibility index (Phi) is 14.8. The van der Waals surface area contributed by atoms with Gasteiger partial charge in [0.05, 0.1) is 5.25 Å². The van der Waals surface area contributed by atoms with Gasteiger partial charge in [0.25, 0.3) is 0 Å². The number of rotatable bonds is 14. The third-order valence-corrected chi connectivity index (χ3v) is 5.88. The van der Waals surface area contributed by atoms with Crippen LogP contribution in [0.3, 0.4) is 0 Å². The smallest absolute Gasteiger partial charge is 0.748 e. The first-order chi connectivity index (χ1) is 12.4. The van der Waals surface area contributed by atoms with Crippen LogP contribution in [0.25, 0.3) is 0 Å². The fourth-order valence-corrected chi connectivity index (χ4v) is 3.18. The summed E-state index contributed by atoms with van der Waals surface area (Å²) in [5, 5.41) is -1.04. The van der Waals surface area contributed by atoms with Crippen molar-refractivity contribution in [3.63, 3.8) is 0 Å². The Hall–Kier alpha value is -0.0700. The zero-order valence-electron chi connectivity index (χ0n) is 17.6. The molecule has 0 bridgehead atoms. The molecule has 0 aromatic heterocycles. The van der Waals surface area contributed by atoms with Gasteiger partial charge in [-0.3, -0.25) is 0 Å². The van der Waals surface area contributed by atoms with Crippen molar-refractivity contribution in [1.82, 2.24) is 0 Å². The second-order valence-corrected chi connectivity index (χ2v) is 8.96. The van der Waals surface area contributed by atoms with Crippen molar-refractivity contribution in [3.8, 4) is 5.75 Å². The van der Waals surface area contributed by atoms with Crippen LogP contribution >= 0.6 is 0 Å². The monoisotopic (exact) mass is 406 g/mol. The molecule has 1 unspecified atom stereocenters. The van der Waals surface area contributed by atoms with Crippen molar-refractivity contribution in [2.75, 3.05) is 6.61 Å². The summed E-state index contributed by atoms with van der Waals surface area (Å²) in [4.78, 5) is 0. The first-order valence-corrected chi connectivity index (χ1v) is 11.5. The summed E-state index contributed by atoms with van der Waals surface area (Å²) in [7, 11) is -4.30. The van der Waals surface area contributed by atoms with Gasteiger partial charge >= 0.3 is 29.6 Å². The minimum atomic E-state index is -4.30. The molecule has 6 heteroatoms. The van der Waals surface area contributed by atoms with Gasteiger partial charge in [0.2, 0.25) is 0 Å². The molecule has 0 N–H and O–H groups in total. The van der Waals surface area contributed by atoms with Crippen LogP contribution in [0.15, 0.2) is 18.2 Å². The Morgan fingerprint density at radius 1 is 0.926 bits per heavy atom. The van der Waals surface area contributed by atoms with E-state index in [0.29, 0.717) is 5.75 Å². The average Bonchev–Trinajstić information content (AvgIpc) is 2.60. The number of benzene rings is 1. The van der Waals surface area contributed by atoms with E-state index in [4.69, 9.17) is 4.74 Å². The van der Waals surface area contributed by atoms with Crippen LogP contribution in [0, 0.1) is 0 Å². The molecule has 4 nitrogen and oxygen atoms in total. The zero-order chi connectivity index (χ0) is 19.4. The quantitative estimate of drug-likeness (QED) is 0.270. The summed E-state index contributed by atoms with van der Waals surface area (Å²) in [6, 6.07) is 6.03. The number of hydrogen-bond acceptors (Lipinski definition) is 4. The van der Waals surface area contributed by atoms with E-state index in [1.807, 2.05) is 12.1 Å². The van der Waals surface area contributed by atoms with Crippen LogP contribution in [0.5, 0.6) is 5.75 Å². The summed E-state index contributed by atoms with van der Waals surface area (Å²) in [6.07, 6.45) is 11.9. The first-order valence-electron chi connectivity index (χ1n) is 10.1. The standard InChI is InChI=1S/C21H36O4S.Na/c1-4-6-8-10-12-19-14-15-21(25-17-18(3)26(22,23)24)16-20(19)13-11-9-7-5-2;/h14-16,18H,4-13,17H2,1-3H3,(H,22,23,24);/q;+1/p-1. The molecule has 0 aliphatic heterocycles. The number of aryl methyl sites for hydroxylation is 2. The van der Waals surface area contributed by atoms with Crippen molar-refractivity contribution in [1.29, 1.82) is 0 Å². The molecule has 1 rings (SSSR count). The van der Waals surface area contributed by atoms with E-state index in [2.05, 4.69) is 19.9 Å². The second kappa shape index (κ2) is 14.9. The van der Waals surface area contributed by atoms with Crippen molar-refractivity contribution >= 4 is 10.1 Å². The fraction of sp³-hybridized carbons (Fsp3) is 0.714. The van der Waals surface area contributed by atoms with Crippen molar-refractivity contribution < 1.29 is 47.3 Å². The minimum absolute atomic E-state index is 0. The zero-order valence-corrected chi connectivity index (χ0v) is 20.4. The summed E-state index contributed by atoms with van der Waals surface area (Å²) in [5.41, 5.74) is 2.67. The molecule has 0 fully saturated rings. The summed E-state index contributed by atoms with van der Waals surface area (Å²) in [5.74, 6) is 0.656. The van der Waals surface area contributed by atoms with Gasteiger partial charge in [-0.25, -0.2) is 8.42 Å². The molecule has 1 aromatic carbocycles. The van der Waals surface area contributed by atoms with E-state index in [0.717, 1.165) is 19.3 Å². The Bertz CT molecular complexity index is 617. The van der Waals surface area contributed by atoms with E-state index in [1.165, 1.54) is 63.0 Å². The summed E-state index contributed by atoms with van der Waals surface area (Å²) >= 11 is 0. The van der Waals surface area contributed by atoms with E-state index in [-0.39, 0.29) is 36.2 Å². The van der Waals surface area contributed by atoms with Crippen LogP contribution in [0.1, 0.15) is 83.3 Å². The van der Waals surface area contributed by atoms with Crippen LogP contribution in [-0.2, 0) is 23.0 Å². The largest absolute Gasteiger partial charge is 1.00 e. The minimum Gasteiger partial charge on any atom is -0.748 e. The van der Waals surface area contributed by atoms with E-state index < -0.39 is 15.4 Å². The molecule has 0 aliphatic carbocycles. The molecule has 0 saturated heterocycles. The molecule has 1 aromatic rings.